The Balaban J connectivity index is 1.89. The topological polar surface area (TPSA) is 93.0 Å². The molecule has 0 unspecified atom stereocenters. The number of anilines is 1. The Labute approximate surface area is 175 Å². The van der Waals surface area contributed by atoms with E-state index in [9.17, 15) is 19.7 Å². The Bertz CT molecular complexity index is 924. The second-order valence-corrected chi connectivity index (χ2v) is 7.44. The van der Waals surface area contributed by atoms with Crippen molar-refractivity contribution in [2.45, 2.75) is 25.4 Å². The van der Waals surface area contributed by atoms with Crippen LogP contribution in [0.25, 0.3) is 0 Å². The van der Waals surface area contributed by atoms with Crippen LogP contribution in [0.15, 0.2) is 48.5 Å². The predicted molar refractivity (Wildman–Crippen MR) is 112 cm³/mol. The molecule has 158 valence electrons. The van der Waals surface area contributed by atoms with Gasteiger partial charge in [0.05, 0.1) is 10.5 Å². The van der Waals surface area contributed by atoms with Crippen LogP contribution in [0, 0.1) is 10.1 Å². The van der Waals surface area contributed by atoms with Gasteiger partial charge in [-0.3, -0.25) is 14.9 Å². The maximum Gasteiger partial charge on any atom is 0.339 e. The van der Waals surface area contributed by atoms with Gasteiger partial charge in [0.25, 0.3) is 11.6 Å². The summed E-state index contributed by atoms with van der Waals surface area (Å²) in [5.74, 6) is -1.05. The highest BCUT2D eigenvalue weighted by atomic mass is 16.6. The molecule has 0 bridgehead atoms. The number of nitro benzene ring substituents is 1. The molecule has 1 heterocycles. The molecular formula is C22H25N3O5. The Morgan fingerprint density at radius 3 is 2.33 bits per heavy atom. The van der Waals surface area contributed by atoms with Crippen molar-refractivity contribution < 1.29 is 19.2 Å². The number of hydrogen-bond acceptors (Lipinski definition) is 6. The molecule has 30 heavy (non-hydrogen) atoms. The summed E-state index contributed by atoms with van der Waals surface area (Å²) in [6.45, 7) is 1.26. The summed E-state index contributed by atoms with van der Waals surface area (Å²) >= 11 is 0. The zero-order valence-corrected chi connectivity index (χ0v) is 17.1. The molecule has 0 spiro atoms. The highest BCUT2D eigenvalue weighted by molar-refractivity contribution is 5.94. The van der Waals surface area contributed by atoms with Crippen molar-refractivity contribution in [1.82, 2.24) is 4.90 Å². The van der Waals surface area contributed by atoms with E-state index in [4.69, 9.17) is 4.74 Å². The van der Waals surface area contributed by atoms with Gasteiger partial charge in [-0.15, -0.1) is 0 Å². The van der Waals surface area contributed by atoms with Crippen molar-refractivity contribution in [2.75, 3.05) is 32.1 Å². The summed E-state index contributed by atoms with van der Waals surface area (Å²) in [6.07, 6.45) is 1.81. The number of carbonyl (C=O) groups excluding carboxylic acids is 2. The summed E-state index contributed by atoms with van der Waals surface area (Å²) < 4.78 is 5.61. The van der Waals surface area contributed by atoms with Crippen LogP contribution in [0.2, 0.25) is 0 Å². The normalized spacial score (nSPS) is 14.7. The molecule has 0 saturated carbocycles. The Morgan fingerprint density at radius 2 is 1.73 bits per heavy atom. The van der Waals surface area contributed by atoms with E-state index in [1.165, 1.54) is 18.2 Å². The van der Waals surface area contributed by atoms with Crippen molar-refractivity contribution in [2.24, 2.45) is 0 Å². The first-order chi connectivity index (χ1) is 14.4. The largest absolute Gasteiger partial charge is 0.444 e. The van der Waals surface area contributed by atoms with Crippen molar-refractivity contribution >= 4 is 23.3 Å². The van der Waals surface area contributed by atoms with Crippen LogP contribution in [-0.2, 0) is 9.53 Å². The zero-order valence-electron chi connectivity index (χ0n) is 17.1. The second kappa shape index (κ2) is 9.39. The van der Waals surface area contributed by atoms with Gasteiger partial charge in [0, 0.05) is 38.8 Å². The highest BCUT2D eigenvalue weighted by Gasteiger charge is 2.31. The van der Waals surface area contributed by atoms with E-state index in [1.54, 1.807) is 48.2 Å². The van der Waals surface area contributed by atoms with Gasteiger partial charge in [-0.2, -0.15) is 0 Å². The van der Waals surface area contributed by atoms with E-state index in [2.05, 4.69) is 0 Å². The number of carbonyl (C=O) groups is 2. The number of nitro groups is 1. The fraction of sp³-hybridized carbons (Fsp3) is 0.364. The van der Waals surface area contributed by atoms with Gasteiger partial charge in [0.15, 0.2) is 0 Å². The van der Waals surface area contributed by atoms with Gasteiger partial charge in [-0.05, 0) is 31.4 Å². The number of nitrogens with zero attached hydrogens (tertiary/aromatic N) is 3. The molecule has 0 radical (unpaired) electrons. The summed E-state index contributed by atoms with van der Waals surface area (Å²) in [5, 5.41) is 11.4. The van der Waals surface area contributed by atoms with Gasteiger partial charge in [-0.1, -0.05) is 30.3 Å². The van der Waals surface area contributed by atoms with E-state index in [0.29, 0.717) is 24.3 Å². The molecule has 0 aliphatic carbocycles. The quantitative estimate of drug-likeness (QED) is 0.410. The highest BCUT2D eigenvalue weighted by Crippen LogP contribution is 2.29. The van der Waals surface area contributed by atoms with Crippen molar-refractivity contribution in [3.8, 4) is 0 Å². The van der Waals surface area contributed by atoms with Crippen LogP contribution in [0.1, 0.15) is 41.3 Å². The number of esters is 1. The third kappa shape index (κ3) is 4.76. The average molecular weight is 411 g/mol. The fourth-order valence-electron chi connectivity index (χ4n) is 3.52. The van der Waals surface area contributed by atoms with Gasteiger partial charge in [0.2, 0.25) is 6.10 Å². The molecule has 1 atom stereocenters. The van der Waals surface area contributed by atoms with Gasteiger partial charge < -0.3 is 14.5 Å². The lowest BCUT2D eigenvalue weighted by Gasteiger charge is -2.30. The standard InChI is InChI=1S/C22H25N3O5/c1-23(2)18-12-11-17(15-19(18)25(28)29)22(27)30-20(16-9-5-3-6-10-16)21(26)24-13-7-4-8-14-24/h3,5-6,9-12,15,20H,4,7-8,13-14H2,1-2H3/t20-/m1/s1. The maximum absolute atomic E-state index is 13.1. The van der Waals surface area contributed by atoms with E-state index < -0.39 is 17.0 Å². The molecule has 3 rings (SSSR count). The molecule has 0 N–H and O–H groups in total. The number of piperidine rings is 1. The van der Waals surface area contributed by atoms with Gasteiger partial charge >= 0.3 is 5.97 Å². The Morgan fingerprint density at radius 1 is 1.07 bits per heavy atom. The molecule has 1 amide bonds. The minimum absolute atomic E-state index is 0.0275. The third-order valence-electron chi connectivity index (χ3n) is 5.11. The lowest BCUT2D eigenvalue weighted by Crippen LogP contribution is -2.40. The van der Waals surface area contributed by atoms with Crippen LogP contribution >= 0.6 is 0 Å². The molecule has 1 aliphatic rings. The SMILES string of the molecule is CN(C)c1ccc(C(=O)O[C@@H](C(=O)N2CCCCC2)c2ccccc2)cc1[N+](=O)[O-]. The molecule has 1 saturated heterocycles. The third-order valence-corrected chi connectivity index (χ3v) is 5.11. The number of amides is 1. The van der Waals surface area contributed by atoms with Crippen molar-refractivity contribution in [1.29, 1.82) is 0 Å². The lowest BCUT2D eigenvalue weighted by atomic mass is 10.1. The predicted octanol–water partition coefficient (Wildman–Crippen LogP) is 3.57. The molecule has 2 aromatic rings. The monoisotopic (exact) mass is 411 g/mol. The second-order valence-electron chi connectivity index (χ2n) is 7.44. The number of rotatable bonds is 6. The Hall–Kier alpha value is -3.42. The summed E-state index contributed by atoms with van der Waals surface area (Å²) in [6, 6.07) is 13.0. The number of hydrogen-bond donors (Lipinski definition) is 0. The minimum atomic E-state index is -1.09. The van der Waals surface area contributed by atoms with Crippen LogP contribution in [0.4, 0.5) is 11.4 Å². The zero-order chi connectivity index (χ0) is 21.7. The van der Waals surface area contributed by atoms with Crippen LogP contribution in [-0.4, -0.2) is 48.9 Å². The first-order valence-corrected chi connectivity index (χ1v) is 9.89. The van der Waals surface area contributed by atoms with Crippen LogP contribution in [0.3, 0.4) is 0 Å². The van der Waals surface area contributed by atoms with Crippen molar-refractivity contribution in [3.05, 3.63) is 69.8 Å². The van der Waals surface area contributed by atoms with Crippen molar-refractivity contribution in [3.63, 3.8) is 0 Å². The molecule has 8 nitrogen and oxygen atoms in total. The first kappa shape index (κ1) is 21.3. The average Bonchev–Trinajstić information content (AvgIpc) is 2.77. The molecule has 8 heteroatoms. The number of ether oxygens (including phenoxy) is 1. The molecule has 0 aromatic heterocycles. The lowest BCUT2D eigenvalue weighted by molar-refractivity contribution is -0.384. The summed E-state index contributed by atoms with van der Waals surface area (Å²) in [5.41, 5.74) is 0.772. The van der Waals surface area contributed by atoms with E-state index >= 15 is 0 Å². The van der Waals surface area contributed by atoms with Gasteiger partial charge in [0.1, 0.15) is 5.69 Å². The number of likely N-dealkylation sites (tertiary alicyclic amines) is 1. The molecular weight excluding hydrogens is 386 g/mol. The molecule has 1 aliphatic heterocycles. The fourth-order valence-corrected chi connectivity index (χ4v) is 3.52. The minimum Gasteiger partial charge on any atom is -0.444 e. The Kier molecular flexibility index (Phi) is 6.66. The van der Waals surface area contributed by atoms with E-state index in [1.807, 2.05) is 6.07 Å². The van der Waals surface area contributed by atoms with Crippen LogP contribution in [0.5, 0.6) is 0 Å². The maximum atomic E-state index is 13.1. The van der Waals surface area contributed by atoms with Crippen LogP contribution < -0.4 is 4.90 Å². The molecule has 1 fully saturated rings. The number of benzene rings is 2. The van der Waals surface area contributed by atoms with E-state index in [0.717, 1.165) is 19.3 Å². The summed E-state index contributed by atoms with van der Waals surface area (Å²) in [4.78, 5) is 40.2. The van der Waals surface area contributed by atoms with Gasteiger partial charge in [-0.25, -0.2) is 4.79 Å². The molecule has 2 aromatic carbocycles. The smallest absolute Gasteiger partial charge is 0.339 e. The summed E-state index contributed by atoms with van der Waals surface area (Å²) in [7, 11) is 3.37. The first-order valence-electron chi connectivity index (χ1n) is 9.89. The van der Waals surface area contributed by atoms with E-state index in [-0.39, 0.29) is 17.2 Å².